The molecule has 0 unspecified atom stereocenters. The van der Waals surface area contributed by atoms with Gasteiger partial charge in [0.15, 0.2) is 0 Å². The van der Waals surface area contributed by atoms with Gasteiger partial charge in [-0.1, -0.05) is 48.5 Å². The van der Waals surface area contributed by atoms with E-state index in [9.17, 15) is 18.0 Å². The number of rotatable bonds is 6. The van der Waals surface area contributed by atoms with Crippen molar-refractivity contribution in [2.75, 3.05) is 0 Å². The van der Waals surface area contributed by atoms with E-state index in [1.807, 2.05) is 30.3 Å². The highest BCUT2D eigenvalue weighted by molar-refractivity contribution is 5.95. The van der Waals surface area contributed by atoms with Crippen LogP contribution in [0.2, 0.25) is 0 Å². The molecule has 0 bridgehead atoms. The maximum atomic E-state index is 13.7. The molecule has 2 N–H and O–H groups in total. The third kappa shape index (κ3) is 4.65. The molecule has 1 amide bonds. The van der Waals surface area contributed by atoms with Crippen molar-refractivity contribution >= 4 is 16.8 Å². The lowest BCUT2D eigenvalue weighted by Crippen LogP contribution is -2.10. The van der Waals surface area contributed by atoms with E-state index in [-0.39, 0.29) is 5.52 Å². The number of amides is 1. The molecule has 5 rings (SSSR count). The minimum Gasteiger partial charge on any atom is -0.457 e. The number of nitrogens with two attached hydrogens (primary N) is 1. The third-order valence-corrected chi connectivity index (χ3v) is 5.73. The van der Waals surface area contributed by atoms with E-state index in [1.54, 1.807) is 53.2 Å². The molecule has 0 aliphatic carbocycles. The molecule has 4 aromatic carbocycles. The zero-order chi connectivity index (χ0) is 25.3. The van der Waals surface area contributed by atoms with Gasteiger partial charge in [-0.25, -0.2) is 0 Å². The predicted octanol–water partition coefficient (Wildman–Crippen LogP) is 6.66. The molecule has 0 atom stereocenters. The molecule has 180 valence electrons. The SMILES string of the molecule is NC(=O)c1cccc(Oc2ccc(-c3c4cccc(C(F)(F)F)c4nn3Cc3ccccc3)cc2)c1. The third-order valence-electron chi connectivity index (χ3n) is 5.73. The first-order valence-electron chi connectivity index (χ1n) is 11.1. The maximum absolute atomic E-state index is 13.7. The topological polar surface area (TPSA) is 70.1 Å². The van der Waals surface area contributed by atoms with Crippen molar-refractivity contribution in [3.8, 4) is 22.8 Å². The Morgan fingerprint density at radius 2 is 1.58 bits per heavy atom. The van der Waals surface area contributed by atoms with E-state index < -0.39 is 17.6 Å². The fourth-order valence-electron chi connectivity index (χ4n) is 4.09. The van der Waals surface area contributed by atoms with Gasteiger partial charge in [0, 0.05) is 16.5 Å². The Labute approximate surface area is 204 Å². The van der Waals surface area contributed by atoms with E-state index in [2.05, 4.69) is 5.10 Å². The summed E-state index contributed by atoms with van der Waals surface area (Å²) in [5.74, 6) is 0.371. The number of carbonyl (C=O) groups excluding carboxylic acids is 1. The first-order valence-corrected chi connectivity index (χ1v) is 11.1. The van der Waals surface area contributed by atoms with Crippen molar-refractivity contribution in [1.29, 1.82) is 0 Å². The van der Waals surface area contributed by atoms with Gasteiger partial charge in [0.1, 0.15) is 17.0 Å². The Bertz CT molecular complexity index is 1540. The van der Waals surface area contributed by atoms with Gasteiger partial charge in [-0.15, -0.1) is 0 Å². The van der Waals surface area contributed by atoms with Crippen LogP contribution in [0.3, 0.4) is 0 Å². The highest BCUT2D eigenvalue weighted by atomic mass is 19.4. The number of halogens is 3. The Morgan fingerprint density at radius 3 is 2.28 bits per heavy atom. The minimum atomic E-state index is -4.53. The number of carbonyl (C=O) groups is 1. The molecule has 0 radical (unpaired) electrons. The lowest BCUT2D eigenvalue weighted by molar-refractivity contribution is -0.136. The second kappa shape index (κ2) is 9.22. The highest BCUT2D eigenvalue weighted by Crippen LogP contribution is 2.38. The largest absolute Gasteiger partial charge is 0.457 e. The number of hydrogen-bond acceptors (Lipinski definition) is 3. The molecule has 8 heteroatoms. The molecule has 36 heavy (non-hydrogen) atoms. The van der Waals surface area contributed by atoms with Crippen LogP contribution in [0.15, 0.2) is 97.1 Å². The van der Waals surface area contributed by atoms with Gasteiger partial charge in [-0.05, 0) is 54.1 Å². The van der Waals surface area contributed by atoms with E-state index in [4.69, 9.17) is 10.5 Å². The van der Waals surface area contributed by atoms with E-state index in [1.165, 1.54) is 12.1 Å². The summed E-state index contributed by atoms with van der Waals surface area (Å²) in [5, 5.41) is 4.79. The molecular weight excluding hydrogens is 467 g/mol. The van der Waals surface area contributed by atoms with E-state index in [0.29, 0.717) is 40.3 Å². The summed E-state index contributed by atoms with van der Waals surface area (Å²) in [6.45, 7) is 0.306. The molecule has 0 aliphatic heterocycles. The van der Waals surface area contributed by atoms with Crippen LogP contribution >= 0.6 is 0 Å². The van der Waals surface area contributed by atoms with Gasteiger partial charge in [0.2, 0.25) is 5.91 Å². The number of aromatic nitrogens is 2. The van der Waals surface area contributed by atoms with Crippen LogP contribution in [0.25, 0.3) is 22.2 Å². The molecule has 1 aromatic heterocycles. The normalized spacial score (nSPS) is 11.5. The number of ether oxygens (including phenoxy) is 1. The monoisotopic (exact) mass is 487 g/mol. The van der Waals surface area contributed by atoms with Gasteiger partial charge in [0.25, 0.3) is 0 Å². The molecule has 0 fully saturated rings. The number of nitrogens with zero attached hydrogens (tertiary/aromatic N) is 2. The molecule has 0 aliphatic rings. The minimum absolute atomic E-state index is 0.0977. The number of hydrogen-bond donors (Lipinski definition) is 1. The average Bonchev–Trinajstić information content (AvgIpc) is 3.22. The Hall–Kier alpha value is -4.59. The fourth-order valence-corrected chi connectivity index (χ4v) is 4.09. The molecular formula is C28H20F3N3O2. The van der Waals surface area contributed by atoms with Gasteiger partial charge in [-0.2, -0.15) is 18.3 Å². The van der Waals surface area contributed by atoms with Gasteiger partial charge in [0.05, 0.1) is 17.8 Å². The van der Waals surface area contributed by atoms with E-state index >= 15 is 0 Å². The van der Waals surface area contributed by atoms with Crippen LogP contribution in [0.5, 0.6) is 11.5 Å². The number of benzene rings is 4. The Morgan fingerprint density at radius 1 is 0.861 bits per heavy atom. The van der Waals surface area contributed by atoms with Gasteiger partial charge in [-0.3, -0.25) is 9.48 Å². The smallest absolute Gasteiger partial charge is 0.418 e. The van der Waals surface area contributed by atoms with Crippen molar-refractivity contribution in [2.45, 2.75) is 12.7 Å². The summed E-state index contributed by atoms with van der Waals surface area (Å²) in [5.41, 5.74) is 6.95. The summed E-state index contributed by atoms with van der Waals surface area (Å²) < 4.78 is 48.6. The van der Waals surface area contributed by atoms with Crippen molar-refractivity contribution in [2.24, 2.45) is 5.73 Å². The summed E-state index contributed by atoms with van der Waals surface area (Å²) in [6.07, 6.45) is -4.53. The fraction of sp³-hybridized carbons (Fsp3) is 0.0714. The average molecular weight is 487 g/mol. The van der Waals surface area contributed by atoms with E-state index in [0.717, 1.165) is 11.6 Å². The van der Waals surface area contributed by atoms with Gasteiger partial charge < -0.3 is 10.5 Å². The number of alkyl halides is 3. The summed E-state index contributed by atoms with van der Waals surface area (Å²) in [4.78, 5) is 11.4. The Balaban J connectivity index is 1.56. The van der Waals surface area contributed by atoms with Crippen LogP contribution in [0.1, 0.15) is 21.5 Å². The van der Waals surface area contributed by atoms with Crippen LogP contribution in [-0.4, -0.2) is 15.7 Å². The Kier molecular flexibility index (Phi) is 5.93. The first-order chi connectivity index (χ1) is 17.3. The lowest BCUT2D eigenvalue weighted by atomic mass is 10.0. The van der Waals surface area contributed by atoms with Crippen LogP contribution < -0.4 is 10.5 Å². The van der Waals surface area contributed by atoms with Crippen molar-refractivity contribution < 1.29 is 22.7 Å². The molecule has 0 saturated carbocycles. The number of primary amides is 1. The molecule has 1 heterocycles. The van der Waals surface area contributed by atoms with Crippen LogP contribution in [0, 0.1) is 0 Å². The number of fused-ring (bicyclic) bond motifs is 1. The quantitative estimate of drug-likeness (QED) is 0.291. The lowest BCUT2D eigenvalue weighted by Gasteiger charge is -2.10. The zero-order valence-corrected chi connectivity index (χ0v) is 18.9. The highest BCUT2D eigenvalue weighted by Gasteiger charge is 2.34. The van der Waals surface area contributed by atoms with Crippen LogP contribution in [-0.2, 0) is 12.7 Å². The summed E-state index contributed by atoms with van der Waals surface area (Å²) in [7, 11) is 0. The molecule has 0 spiro atoms. The summed E-state index contributed by atoms with van der Waals surface area (Å²) in [6, 6.07) is 27.0. The standard InChI is InChI=1S/C28H20F3N3O2/c29-28(30,31)24-11-5-10-23-25(24)33-34(17-18-6-2-1-3-7-18)26(23)19-12-14-21(15-13-19)36-22-9-4-8-20(16-22)27(32)35/h1-16H,17H2,(H2,32,35). The molecule has 0 saturated heterocycles. The second-order valence-electron chi connectivity index (χ2n) is 8.21. The molecule has 5 aromatic rings. The van der Waals surface area contributed by atoms with Crippen LogP contribution in [0.4, 0.5) is 13.2 Å². The van der Waals surface area contributed by atoms with Crippen molar-refractivity contribution in [3.05, 3.63) is 114 Å². The van der Waals surface area contributed by atoms with Crippen molar-refractivity contribution in [3.63, 3.8) is 0 Å². The molecule has 5 nitrogen and oxygen atoms in total. The first kappa shape index (κ1) is 23.2. The van der Waals surface area contributed by atoms with Crippen molar-refractivity contribution in [1.82, 2.24) is 9.78 Å². The van der Waals surface area contributed by atoms with Gasteiger partial charge >= 0.3 is 6.18 Å². The summed E-state index contributed by atoms with van der Waals surface area (Å²) >= 11 is 0. The second-order valence-corrected chi connectivity index (χ2v) is 8.21. The maximum Gasteiger partial charge on any atom is 0.418 e. The predicted molar refractivity (Wildman–Crippen MR) is 131 cm³/mol. The zero-order valence-electron chi connectivity index (χ0n) is 18.9.